The zero-order valence-corrected chi connectivity index (χ0v) is 13.5. The molecular weight excluding hydrogens is 288 g/mol. The molecular formula is C14H20N4O2S. The van der Waals surface area contributed by atoms with Crippen LogP contribution in [0.25, 0.3) is 0 Å². The molecule has 21 heavy (non-hydrogen) atoms. The van der Waals surface area contributed by atoms with Crippen molar-refractivity contribution in [2.45, 2.75) is 32.1 Å². The summed E-state index contributed by atoms with van der Waals surface area (Å²) < 4.78 is 29.6. The molecule has 1 aromatic carbocycles. The summed E-state index contributed by atoms with van der Waals surface area (Å²) in [7, 11) is -1.92. The Bertz CT molecular complexity index is 779. The van der Waals surface area contributed by atoms with E-state index in [1.54, 1.807) is 30.8 Å². The quantitative estimate of drug-likeness (QED) is 0.845. The van der Waals surface area contributed by atoms with Gasteiger partial charge in [0.15, 0.2) is 0 Å². The van der Waals surface area contributed by atoms with Crippen LogP contribution in [-0.4, -0.2) is 18.2 Å². The Balaban J connectivity index is 2.50. The number of nitrogens with two attached hydrogens (primary N) is 1. The SMILES string of the molecule is CCc1ccc(N)cc1S(=O)(=O)Nc1c(C)nn(C)c1C. The van der Waals surface area contributed by atoms with Gasteiger partial charge in [-0.3, -0.25) is 9.40 Å². The molecule has 0 amide bonds. The number of anilines is 2. The molecule has 0 fully saturated rings. The molecule has 0 aliphatic heterocycles. The molecule has 0 radical (unpaired) electrons. The summed E-state index contributed by atoms with van der Waals surface area (Å²) in [5, 5.41) is 4.21. The van der Waals surface area contributed by atoms with E-state index in [2.05, 4.69) is 9.82 Å². The molecule has 1 heterocycles. The highest BCUT2D eigenvalue weighted by atomic mass is 32.2. The molecule has 0 saturated heterocycles. The van der Waals surface area contributed by atoms with Crippen LogP contribution in [0.1, 0.15) is 23.9 Å². The highest BCUT2D eigenvalue weighted by Gasteiger charge is 2.21. The number of rotatable bonds is 4. The van der Waals surface area contributed by atoms with Crippen LogP contribution in [0.5, 0.6) is 0 Å². The number of sulfonamides is 1. The molecule has 0 saturated carbocycles. The van der Waals surface area contributed by atoms with Crippen LogP contribution in [0.2, 0.25) is 0 Å². The van der Waals surface area contributed by atoms with Crippen LogP contribution in [0.3, 0.4) is 0 Å². The maximum atomic E-state index is 12.6. The average molecular weight is 308 g/mol. The van der Waals surface area contributed by atoms with Gasteiger partial charge in [0, 0.05) is 12.7 Å². The van der Waals surface area contributed by atoms with E-state index >= 15 is 0 Å². The number of benzene rings is 1. The third-order valence-electron chi connectivity index (χ3n) is 3.51. The van der Waals surface area contributed by atoms with Gasteiger partial charge in [-0.15, -0.1) is 0 Å². The standard InChI is InChI=1S/C14H20N4O2S/c1-5-11-6-7-12(15)8-13(11)21(19,20)17-14-9(2)16-18(4)10(14)3/h6-8,17H,5,15H2,1-4H3. The Labute approximate surface area is 125 Å². The van der Waals surface area contributed by atoms with Crippen LogP contribution >= 0.6 is 0 Å². The van der Waals surface area contributed by atoms with Crippen LogP contribution in [0.15, 0.2) is 23.1 Å². The predicted molar refractivity (Wildman–Crippen MR) is 83.7 cm³/mol. The number of nitrogens with one attached hydrogen (secondary N) is 1. The number of nitrogen functional groups attached to an aromatic ring is 1. The van der Waals surface area contributed by atoms with Crippen molar-refractivity contribution in [1.29, 1.82) is 0 Å². The summed E-state index contributed by atoms with van der Waals surface area (Å²) in [6, 6.07) is 4.94. The van der Waals surface area contributed by atoms with Crippen LogP contribution in [-0.2, 0) is 23.5 Å². The highest BCUT2D eigenvalue weighted by Crippen LogP contribution is 2.26. The highest BCUT2D eigenvalue weighted by molar-refractivity contribution is 7.92. The number of nitrogens with zero attached hydrogens (tertiary/aromatic N) is 2. The number of aryl methyl sites for hydroxylation is 3. The molecule has 1 aromatic heterocycles. The topological polar surface area (TPSA) is 90.0 Å². The Kier molecular flexibility index (Phi) is 3.95. The van der Waals surface area contributed by atoms with E-state index in [1.807, 2.05) is 13.8 Å². The second kappa shape index (κ2) is 5.40. The lowest BCUT2D eigenvalue weighted by Crippen LogP contribution is -2.16. The molecule has 2 aromatic rings. The molecule has 0 aliphatic rings. The Hall–Kier alpha value is -2.02. The fourth-order valence-corrected chi connectivity index (χ4v) is 3.75. The fourth-order valence-electron chi connectivity index (χ4n) is 2.22. The molecule has 0 aliphatic carbocycles. The van der Waals surface area contributed by atoms with Gasteiger partial charge in [0.05, 0.1) is 22.0 Å². The third-order valence-corrected chi connectivity index (χ3v) is 4.94. The van der Waals surface area contributed by atoms with Gasteiger partial charge < -0.3 is 5.73 Å². The van der Waals surface area contributed by atoms with Crippen molar-refractivity contribution in [3.8, 4) is 0 Å². The van der Waals surface area contributed by atoms with Gasteiger partial charge in [-0.2, -0.15) is 5.10 Å². The van der Waals surface area contributed by atoms with Gasteiger partial charge in [-0.1, -0.05) is 13.0 Å². The lowest BCUT2D eigenvalue weighted by atomic mass is 10.1. The summed E-state index contributed by atoms with van der Waals surface area (Å²) >= 11 is 0. The Morgan fingerprint density at radius 2 is 2.00 bits per heavy atom. The molecule has 6 nitrogen and oxygen atoms in total. The number of aromatic nitrogens is 2. The van der Waals surface area contributed by atoms with E-state index in [0.29, 0.717) is 23.5 Å². The molecule has 0 atom stereocenters. The van der Waals surface area contributed by atoms with E-state index < -0.39 is 10.0 Å². The second-order valence-corrected chi connectivity index (χ2v) is 6.65. The van der Waals surface area contributed by atoms with Crippen LogP contribution < -0.4 is 10.5 Å². The Morgan fingerprint density at radius 1 is 1.33 bits per heavy atom. The van der Waals surface area contributed by atoms with E-state index in [1.165, 1.54) is 6.07 Å². The van der Waals surface area contributed by atoms with Gasteiger partial charge in [0.25, 0.3) is 10.0 Å². The largest absolute Gasteiger partial charge is 0.399 e. The van der Waals surface area contributed by atoms with E-state index in [9.17, 15) is 8.42 Å². The zero-order chi connectivity index (χ0) is 15.8. The lowest BCUT2D eigenvalue weighted by molar-refractivity contribution is 0.600. The average Bonchev–Trinajstić information content (AvgIpc) is 2.65. The first-order valence-corrected chi connectivity index (χ1v) is 8.16. The van der Waals surface area contributed by atoms with Gasteiger partial charge >= 0.3 is 0 Å². The summed E-state index contributed by atoms with van der Waals surface area (Å²) in [5.74, 6) is 0. The first-order chi connectivity index (χ1) is 9.76. The molecule has 0 bridgehead atoms. The van der Waals surface area contributed by atoms with Crippen molar-refractivity contribution in [2.75, 3.05) is 10.5 Å². The van der Waals surface area contributed by atoms with E-state index in [4.69, 9.17) is 5.73 Å². The summed E-state index contributed by atoms with van der Waals surface area (Å²) in [5.41, 5.74) is 8.80. The minimum atomic E-state index is -3.69. The maximum absolute atomic E-state index is 12.6. The first-order valence-electron chi connectivity index (χ1n) is 6.67. The smallest absolute Gasteiger partial charge is 0.262 e. The predicted octanol–water partition coefficient (Wildman–Crippen LogP) is 1.98. The third kappa shape index (κ3) is 2.87. The normalized spacial score (nSPS) is 11.6. The maximum Gasteiger partial charge on any atom is 0.262 e. The molecule has 0 unspecified atom stereocenters. The van der Waals surface area contributed by atoms with Crippen molar-refractivity contribution in [3.63, 3.8) is 0 Å². The van der Waals surface area contributed by atoms with Crippen molar-refractivity contribution in [3.05, 3.63) is 35.2 Å². The van der Waals surface area contributed by atoms with Crippen molar-refractivity contribution in [2.24, 2.45) is 7.05 Å². The van der Waals surface area contributed by atoms with Gasteiger partial charge in [-0.25, -0.2) is 8.42 Å². The lowest BCUT2D eigenvalue weighted by Gasteiger charge is -2.12. The second-order valence-electron chi connectivity index (χ2n) is 5.00. The number of hydrogen-bond donors (Lipinski definition) is 2. The van der Waals surface area contributed by atoms with Crippen molar-refractivity contribution in [1.82, 2.24) is 9.78 Å². The zero-order valence-electron chi connectivity index (χ0n) is 12.6. The minimum Gasteiger partial charge on any atom is -0.399 e. The van der Waals surface area contributed by atoms with Crippen LogP contribution in [0, 0.1) is 13.8 Å². The summed E-state index contributed by atoms with van der Waals surface area (Å²) in [6.45, 7) is 5.49. The van der Waals surface area contributed by atoms with Crippen molar-refractivity contribution < 1.29 is 8.42 Å². The Morgan fingerprint density at radius 3 is 2.52 bits per heavy atom. The van der Waals surface area contributed by atoms with Gasteiger partial charge in [-0.05, 0) is 38.0 Å². The summed E-state index contributed by atoms with van der Waals surface area (Å²) in [6.07, 6.45) is 0.613. The minimum absolute atomic E-state index is 0.215. The molecule has 3 N–H and O–H groups in total. The van der Waals surface area contributed by atoms with Gasteiger partial charge in [0.2, 0.25) is 0 Å². The number of hydrogen-bond acceptors (Lipinski definition) is 4. The van der Waals surface area contributed by atoms with E-state index in [-0.39, 0.29) is 4.90 Å². The van der Waals surface area contributed by atoms with Crippen LogP contribution in [0.4, 0.5) is 11.4 Å². The molecule has 114 valence electrons. The first kappa shape index (κ1) is 15.4. The summed E-state index contributed by atoms with van der Waals surface area (Å²) in [4.78, 5) is 0.215. The van der Waals surface area contributed by atoms with Gasteiger partial charge in [0.1, 0.15) is 0 Å². The molecule has 2 rings (SSSR count). The van der Waals surface area contributed by atoms with E-state index in [0.717, 1.165) is 11.3 Å². The molecule has 0 spiro atoms. The fraction of sp³-hybridized carbons (Fsp3) is 0.357. The molecule has 7 heteroatoms. The monoisotopic (exact) mass is 308 g/mol. The van der Waals surface area contributed by atoms with Crippen molar-refractivity contribution >= 4 is 21.4 Å².